The molecule has 1 saturated heterocycles. The fraction of sp³-hybridized carbons (Fsp3) is 0.500. The smallest absolute Gasteiger partial charge is 0.344 e. The number of benzene rings is 1. The molecule has 0 spiro atoms. The molecular formula is C16H21NO5. The van der Waals surface area contributed by atoms with E-state index in [-0.39, 0.29) is 0 Å². The summed E-state index contributed by atoms with van der Waals surface area (Å²) in [5.41, 5.74) is -0.210. The molecule has 0 unspecified atom stereocenters. The average molecular weight is 307 g/mol. The van der Waals surface area contributed by atoms with Gasteiger partial charge in [-0.25, -0.2) is 4.79 Å². The van der Waals surface area contributed by atoms with E-state index in [4.69, 9.17) is 14.3 Å². The predicted octanol–water partition coefficient (Wildman–Crippen LogP) is 1.69. The van der Waals surface area contributed by atoms with Crippen LogP contribution in [0.15, 0.2) is 30.3 Å². The summed E-state index contributed by atoms with van der Waals surface area (Å²) >= 11 is 0. The lowest BCUT2D eigenvalue weighted by molar-refractivity contribution is -0.240. The molecule has 0 saturated carbocycles. The normalized spacial score (nSPS) is 23.0. The first kappa shape index (κ1) is 16.5. The van der Waals surface area contributed by atoms with Crippen molar-refractivity contribution in [1.29, 1.82) is 0 Å². The monoisotopic (exact) mass is 307 g/mol. The van der Waals surface area contributed by atoms with Gasteiger partial charge in [-0.15, -0.1) is 0 Å². The minimum absolute atomic E-state index is 0.404. The highest BCUT2D eigenvalue weighted by Crippen LogP contribution is 2.33. The third-order valence-corrected chi connectivity index (χ3v) is 3.76. The van der Waals surface area contributed by atoms with Crippen molar-refractivity contribution in [2.45, 2.75) is 38.5 Å². The zero-order chi connectivity index (χ0) is 16.2. The summed E-state index contributed by atoms with van der Waals surface area (Å²) in [6.45, 7) is 4.05. The summed E-state index contributed by atoms with van der Waals surface area (Å²) < 4.78 is 10.0. The van der Waals surface area contributed by atoms with Crippen LogP contribution in [-0.4, -0.2) is 42.4 Å². The summed E-state index contributed by atoms with van der Waals surface area (Å²) in [6, 6.07) is 9.80. The standard InChI is InChI=1S/C16H21NO5/c1-12(21-13(2)18)16(15(19)20-3)9-10-17(22-16)11-14-7-5-4-6-8-14/h4-8,12H,9-11H2,1-3H3/t12-,16+/m1/s1. The van der Waals surface area contributed by atoms with E-state index >= 15 is 0 Å². The van der Waals surface area contributed by atoms with Gasteiger partial charge in [0, 0.05) is 26.4 Å². The van der Waals surface area contributed by atoms with E-state index < -0.39 is 23.6 Å². The zero-order valence-corrected chi connectivity index (χ0v) is 13.1. The van der Waals surface area contributed by atoms with Crippen LogP contribution in [-0.2, 0) is 30.4 Å². The molecule has 1 aromatic rings. The van der Waals surface area contributed by atoms with Gasteiger partial charge in [-0.3, -0.25) is 9.63 Å². The van der Waals surface area contributed by atoms with Crippen molar-refractivity contribution in [3.8, 4) is 0 Å². The number of esters is 2. The van der Waals surface area contributed by atoms with Crippen LogP contribution >= 0.6 is 0 Å². The zero-order valence-electron chi connectivity index (χ0n) is 13.1. The Bertz CT molecular complexity index is 533. The number of rotatable bonds is 5. The maximum atomic E-state index is 12.2. The van der Waals surface area contributed by atoms with E-state index in [0.29, 0.717) is 19.5 Å². The fourth-order valence-corrected chi connectivity index (χ4v) is 2.61. The number of carbonyl (C=O) groups excluding carboxylic acids is 2. The van der Waals surface area contributed by atoms with E-state index in [9.17, 15) is 9.59 Å². The molecule has 120 valence electrons. The molecule has 1 heterocycles. The molecule has 1 fully saturated rings. The third-order valence-electron chi connectivity index (χ3n) is 3.76. The molecule has 1 aliphatic rings. The van der Waals surface area contributed by atoms with Gasteiger partial charge in [-0.05, 0) is 12.5 Å². The van der Waals surface area contributed by atoms with Gasteiger partial charge in [0.2, 0.25) is 5.60 Å². The molecule has 0 radical (unpaired) electrons. The average Bonchev–Trinajstić information content (AvgIpc) is 2.92. The van der Waals surface area contributed by atoms with Gasteiger partial charge in [0.05, 0.1) is 7.11 Å². The second kappa shape index (κ2) is 6.89. The third kappa shape index (κ3) is 3.45. The fourth-order valence-electron chi connectivity index (χ4n) is 2.61. The maximum Gasteiger partial charge on any atom is 0.344 e. The van der Waals surface area contributed by atoms with Crippen LogP contribution in [0, 0.1) is 0 Å². The predicted molar refractivity (Wildman–Crippen MR) is 78.5 cm³/mol. The number of ether oxygens (including phenoxy) is 2. The summed E-state index contributed by atoms with van der Waals surface area (Å²) in [5, 5.41) is 1.70. The van der Waals surface area contributed by atoms with Crippen molar-refractivity contribution in [3.63, 3.8) is 0 Å². The Morgan fingerprint density at radius 1 is 1.36 bits per heavy atom. The van der Waals surface area contributed by atoms with Gasteiger partial charge in [0.15, 0.2) is 0 Å². The van der Waals surface area contributed by atoms with Crippen LogP contribution < -0.4 is 0 Å². The van der Waals surface area contributed by atoms with Crippen molar-refractivity contribution in [2.75, 3.05) is 13.7 Å². The number of hydrogen-bond acceptors (Lipinski definition) is 6. The molecule has 0 N–H and O–H groups in total. The van der Waals surface area contributed by atoms with Crippen molar-refractivity contribution < 1.29 is 23.9 Å². The first-order chi connectivity index (χ1) is 10.5. The Morgan fingerprint density at radius 3 is 2.64 bits per heavy atom. The van der Waals surface area contributed by atoms with Crippen molar-refractivity contribution >= 4 is 11.9 Å². The molecule has 0 aromatic heterocycles. The van der Waals surface area contributed by atoms with E-state index in [1.807, 2.05) is 30.3 Å². The Morgan fingerprint density at radius 2 is 2.05 bits per heavy atom. The summed E-state index contributed by atoms with van der Waals surface area (Å²) in [5.74, 6) is -0.988. The van der Waals surface area contributed by atoms with Crippen LogP contribution in [0.25, 0.3) is 0 Å². The van der Waals surface area contributed by atoms with Crippen LogP contribution in [0.4, 0.5) is 0 Å². The highest BCUT2D eigenvalue weighted by atomic mass is 16.7. The van der Waals surface area contributed by atoms with Gasteiger partial charge in [0.25, 0.3) is 0 Å². The number of nitrogens with zero attached hydrogens (tertiary/aromatic N) is 1. The molecule has 2 rings (SSSR count). The number of methoxy groups -OCH3 is 1. The highest BCUT2D eigenvalue weighted by Gasteiger charge is 2.53. The molecule has 22 heavy (non-hydrogen) atoms. The Balaban J connectivity index is 2.12. The Hall–Kier alpha value is -1.92. The van der Waals surface area contributed by atoms with Gasteiger partial charge < -0.3 is 9.47 Å². The SMILES string of the molecule is COC(=O)[C@@]1([C@@H](C)OC(C)=O)CCN(Cc2ccccc2)O1. The lowest BCUT2D eigenvalue weighted by Gasteiger charge is -2.31. The molecule has 2 atom stereocenters. The van der Waals surface area contributed by atoms with Crippen molar-refractivity contribution in [2.24, 2.45) is 0 Å². The van der Waals surface area contributed by atoms with E-state index in [0.717, 1.165) is 5.56 Å². The van der Waals surface area contributed by atoms with E-state index in [2.05, 4.69) is 0 Å². The molecule has 0 amide bonds. The maximum absolute atomic E-state index is 12.2. The van der Waals surface area contributed by atoms with Crippen LogP contribution in [0.2, 0.25) is 0 Å². The van der Waals surface area contributed by atoms with Gasteiger partial charge in [-0.2, -0.15) is 5.06 Å². The second-order valence-electron chi connectivity index (χ2n) is 5.32. The molecule has 6 heteroatoms. The lowest BCUT2D eigenvalue weighted by Crippen LogP contribution is -2.51. The minimum atomic E-state index is -1.28. The number of hydrogen-bond donors (Lipinski definition) is 0. The topological polar surface area (TPSA) is 65.1 Å². The first-order valence-corrected chi connectivity index (χ1v) is 7.21. The van der Waals surface area contributed by atoms with Crippen LogP contribution in [0.5, 0.6) is 0 Å². The number of hydroxylamine groups is 2. The van der Waals surface area contributed by atoms with E-state index in [1.165, 1.54) is 14.0 Å². The van der Waals surface area contributed by atoms with Crippen molar-refractivity contribution in [1.82, 2.24) is 5.06 Å². The van der Waals surface area contributed by atoms with Crippen molar-refractivity contribution in [3.05, 3.63) is 35.9 Å². The Kier molecular flexibility index (Phi) is 5.15. The molecule has 0 bridgehead atoms. The summed E-state index contributed by atoms with van der Waals surface area (Å²) in [7, 11) is 1.30. The second-order valence-corrected chi connectivity index (χ2v) is 5.32. The lowest BCUT2D eigenvalue weighted by atomic mass is 9.94. The van der Waals surface area contributed by atoms with Gasteiger partial charge >= 0.3 is 11.9 Å². The molecule has 0 aliphatic carbocycles. The number of carbonyl (C=O) groups is 2. The largest absolute Gasteiger partial charge is 0.467 e. The quantitative estimate of drug-likeness (QED) is 0.771. The molecule has 6 nitrogen and oxygen atoms in total. The van der Waals surface area contributed by atoms with Crippen LogP contribution in [0.1, 0.15) is 25.8 Å². The summed E-state index contributed by atoms with van der Waals surface area (Å²) in [4.78, 5) is 29.2. The molecular weight excluding hydrogens is 286 g/mol. The van der Waals surface area contributed by atoms with Gasteiger partial charge in [-0.1, -0.05) is 30.3 Å². The van der Waals surface area contributed by atoms with Crippen LogP contribution in [0.3, 0.4) is 0 Å². The molecule has 1 aliphatic heterocycles. The Labute approximate surface area is 129 Å². The van der Waals surface area contributed by atoms with Gasteiger partial charge in [0.1, 0.15) is 6.10 Å². The minimum Gasteiger partial charge on any atom is -0.467 e. The highest BCUT2D eigenvalue weighted by molar-refractivity contribution is 5.81. The first-order valence-electron chi connectivity index (χ1n) is 7.21. The molecule has 1 aromatic carbocycles. The van der Waals surface area contributed by atoms with E-state index in [1.54, 1.807) is 12.0 Å². The summed E-state index contributed by atoms with van der Waals surface area (Å²) in [6.07, 6.45) is -0.320.